The molecule has 3 aromatic rings. The lowest BCUT2D eigenvalue weighted by atomic mass is 10.1. The molecular weight excluding hydrogens is 431 g/mol. The summed E-state index contributed by atoms with van der Waals surface area (Å²) in [6, 6.07) is 16.2. The van der Waals surface area contributed by atoms with Gasteiger partial charge in [-0.1, -0.05) is 18.2 Å². The zero-order chi connectivity index (χ0) is 22.9. The largest absolute Gasteiger partial charge is 0.497 e. The first-order valence-corrected chi connectivity index (χ1v) is 11.6. The van der Waals surface area contributed by atoms with Gasteiger partial charge in [-0.3, -0.25) is 4.79 Å². The number of benzene rings is 3. The van der Waals surface area contributed by atoms with Gasteiger partial charge in [-0.2, -0.15) is 0 Å². The first-order valence-electron chi connectivity index (χ1n) is 10.1. The Morgan fingerprint density at radius 2 is 1.84 bits per heavy atom. The van der Waals surface area contributed by atoms with E-state index in [0.29, 0.717) is 29.0 Å². The number of sulfonamides is 1. The van der Waals surface area contributed by atoms with Gasteiger partial charge in [-0.05, 0) is 72.5 Å². The van der Waals surface area contributed by atoms with Gasteiger partial charge in [-0.25, -0.2) is 17.5 Å². The fraction of sp³-hybridized carbons (Fsp3) is 0.208. The number of halogens is 1. The summed E-state index contributed by atoms with van der Waals surface area (Å²) >= 11 is 0. The number of nitrogens with zero attached hydrogens (tertiary/aromatic N) is 1. The summed E-state index contributed by atoms with van der Waals surface area (Å²) in [4.78, 5) is 14.6. The van der Waals surface area contributed by atoms with E-state index >= 15 is 0 Å². The molecule has 0 saturated heterocycles. The summed E-state index contributed by atoms with van der Waals surface area (Å²) in [5, 5.41) is 0. The van der Waals surface area contributed by atoms with Gasteiger partial charge >= 0.3 is 0 Å². The van der Waals surface area contributed by atoms with Crippen molar-refractivity contribution in [2.24, 2.45) is 0 Å². The second-order valence-corrected chi connectivity index (χ2v) is 9.37. The number of anilines is 1. The summed E-state index contributed by atoms with van der Waals surface area (Å²) < 4.78 is 46.6. The van der Waals surface area contributed by atoms with Crippen molar-refractivity contribution in [1.29, 1.82) is 0 Å². The Labute approximate surface area is 186 Å². The van der Waals surface area contributed by atoms with Gasteiger partial charge in [0, 0.05) is 24.3 Å². The normalized spacial score (nSPS) is 13.2. The van der Waals surface area contributed by atoms with Crippen molar-refractivity contribution in [2.75, 3.05) is 18.6 Å². The molecule has 0 radical (unpaired) electrons. The van der Waals surface area contributed by atoms with Crippen LogP contribution in [0.5, 0.6) is 5.75 Å². The maximum atomic E-state index is 13.6. The van der Waals surface area contributed by atoms with Crippen LogP contribution < -0.4 is 14.4 Å². The zero-order valence-corrected chi connectivity index (χ0v) is 18.6. The second kappa shape index (κ2) is 8.72. The molecule has 32 heavy (non-hydrogen) atoms. The molecule has 3 aromatic carbocycles. The molecular formula is C24H23FN2O4S. The fourth-order valence-electron chi connectivity index (χ4n) is 3.75. The molecule has 0 spiro atoms. The van der Waals surface area contributed by atoms with Gasteiger partial charge in [0.25, 0.3) is 5.91 Å². The number of amides is 1. The second-order valence-electron chi connectivity index (χ2n) is 7.63. The number of ether oxygens (including phenoxy) is 1. The van der Waals surface area contributed by atoms with E-state index in [1.807, 2.05) is 18.2 Å². The summed E-state index contributed by atoms with van der Waals surface area (Å²) in [6.45, 7) is 2.19. The highest BCUT2D eigenvalue weighted by Crippen LogP contribution is 2.31. The average molecular weight is 455 g/mol. The zero-order valence-electron chi connectivity index (χ0n) is 17.8. The first kappa shape index (κ1) is 22.0. The molecule has 0 aromatic heterocycles. The van der Waals surface area contributed by atoms with E-state index < -0.39 is 15.8 Å². The Hall–Kier alpha value is -3.23. The summed E-state index contributed by atoms with van der Waals surface area (Å²) in [7, 11) is -2.32. The number of carbonyl (C=O) groups is 1. The van der Waals surface area contributed by atoms with E-state index in [4.69, 9.17) is 4.74 Å². The van der Waals surface area contributed by atoms with Gasteiger partial charge < -0.3 is 9.64 Å². The van der Waals surface area contributed by atoms with Crippen LogP contribution >= 0.6 is 0 Å². The van der Waals surface area contributed by atoms with E-state index in [2.05, 4.69) is 4.72 Å². The lowest BCUT2D eigenvalue weighted by Crippen LogP contribution is -2.29. The van der Waals surface area contributed by atoms with Crippen molar-refractivity contribution in [2.45, 2.75) is 24.8 Å². The van der Waals surface area contributed by atoms with Crippen LogP contribution in [0.1, 0.15) is 27.0 Å². The monoisotopic (exact) mass is 454 g/mol. The topological polar surface area (TPSA) is 75.7 Å². The van der Waals surface area contributed by atoms with Gasteiger partial charge in [0.05, 0.1) is 12.0 Å². The highest BCUT2D eigenvalue weighted by atomic mass is 32.2. The van der Waals surface area contributed by atoms with Gasteiger partial charge in [0.15, 0.2) is 0 Å². The third-order valence-electron chi connectivity index (χ3n) is 5.53. The molecule has 0 bridgehead atoms. The first-order chi connectivity index (χ1) is 15.3. The number of hydrogen-bond acceptors (Lipinski definition) is 4. The molecule has 1 aliphatic heterocycles. The van der Waals surface area contributed by atoms with Crippen LogP contribution in [-0.2, 0) is 23.0 Å². The van der Waals surface area contributed by atoms with Crippen LogP contribution in [0.15, 0.2) is 65.6 Å². The molecule has 0 atom stereocenters. The van der Waals surface area contributed by atoms with Crippen molar-refractivity contribution in [3.63, 3.8) is 0 Å². The number of fused-ring (bicyclic) bond motifs is 1. The van der Waals surface area contributed by atoms with E-state index in [1.54, 1.807) is 43.2 Å². The summed E-state index contributed by atoms with van der Waals surface area (Å²) in [5.74, 6) is -0.0628. The van der Waals surface area contributed by atoms with E-state index in [0.717, 1.165) is 23.7 Å². The van der Waals surface area contributed by atoms with Crippen LogP contribution in [-0.4, -0.2) is 28.0 Å². The minimum absolute atomic E-state index is 0.0239. The molecule has 1 amide bonds. The van der Waals surface area contributed by atoms with Gasteiger partial charge in [-0.15, -0.1) is 0 Å². The molecule has 8 heteroatoms. The highest BCUT2D eigenvalue weighted by Gasteiger charge is 2.26. The van der Waals surface area contributed by atoms with Crippen LogP contribution in [0, 0.1) is 12.7 Å². The van der Waals surface area contributed by atoms with E-state index in [9.17, 15) is 17.6 Å². The summed E-state index contributed by atoms with van der Waals surface area (Å²) in [5.41, 5.74) is 3.51. The smallest absolute Gasteiger partial charge is 0.258 e. The Morgan fingerprint density at radius 1 is 1.09 bits per heavy atom. The third-order valence-corrected chi connectivity index (χ3v) is 7.08. The molecule has 1 heterocycles. The van der Waals surface area contributed by atoms with Crippen molar-refractivity contribution < 1.29 is 22.3 Å². The van der Waals surface area contributed by atoms with Crippen molar-refractivity contribution in [3.05, 3.63) is 88.7 Å². The van der Waals surface area contributed by atoms with Crippen molar-refractivity contribution in [3.8, 4) is 5.75 Å². The van der Waals surface area contributed by atoms with Crippen molar-refractivity contribution in [1.82, 2.24) is 4.72 Å². The summed E-state index contributed by atoms with van der Waals surface area (Å²) in [6.07, 6.45) is 0.728. The van der Waals surface area contributed by atoms with E-state index in [-0.39, 0.29) is 17.3 Å². The Kier molecular flexibility index (Phi) is 5.99. The van der Waals surface area contributed by atoms with Gasteiger partial charge in [0.2, 0.25) is 10.0 Å². The predicted molar refractivity (Wildman–Crippen MR) is 120 cm³/mol. The third kappa shape index (κ3) is 4.37. The molecule has 0 unspecified atom stereocenters. The van der Waals surface area contributed by atoms with Crippen LogP contribution in [0.3, 0.4) is 0 Å². The van der Waals surface area contributed by atoms with Gasteiger partial charge in [0.1, 0.15) is 11.6 Å². The Morgan fingerprint density at radius 3 is 2.56 bits per heavy atom. The minimum atomic E-state index is -3.89. The molecule has 1 N–H and O–H groups in total. The maximum Gasteiger partial charge on any atom is 0.258 e. The van der Waals surface area contributed by atoms with Crippen molar-refractivity contribution >= 4 is 21.6 Å². The number of carbonyl (C=O) groups excluding carboxylic acids is 1. The lowest BCUT2D eigenvalue weighted by molar-refractivity contribution is 0.0989. The number of rotatable bonds is 6. The average Bonchev–Trinajstić information content (AvgIpc) is 3.22. The minimum Gasteiger partial charge on any atom is -0.497 e. The molecule has 0 saturated carbocycles. The maximum absolute atomic E-state index is 13.6. The number of methoxy groups -OCH3 is 1. The Balaban J connectivity index is 1.53. The highest BCUT2D eigenvalue weighted by molar-refractivity contribution is 7.89. The van der Waals surface area contributed by atoms with Crippen LogP contribution in [0.4, 0.5) is 10.1 Å². The molecule has 6 nitrogen and oxygen atoms in total. The van der Waals surface area contributed by atoms with Crippen LogP contribution in [0.25, 0.3) is 0 Å². The molecule has 0 fully saturated rings. The standard InChI is InChI=1S/C24H23FN2O4S/c1-16-3-8-20(25)14-23(16)32(29,30)26-15-17-4-5-18-11-12-27(22(18)13-17)24(28)19-6-9-21(31-2)10-7-19/h3-10,13-14,26H,11-12,15H2,1-2H3. The molecule has 0 aliphatic carbocycles. The molecule has 4 rings (SSSR count). The van der Waals surface area contributed by atoms with Crippen LogP contribution in [0.2, 0.25) is 0 Å². The number of hydrogen-bond donors (Lipinski definition) is 1. The Bertz CT molecular complexity index is 1270. The predicted octanol–water partition coefficient (Wildman–Crippen LogP) is 3.82. The SMILES string of the molecule is COc1ccc(C(=O)N2CCc3ccc(CNS(=O)(=O)c4cc(F)ccc4C)cc32)cc1. The number of nitrogens with one attached hydrogen (secondary N) is 1. The molecule has 1 aliphatic rings. The molecule has 166 valence electrons. The number of aryl methyl sites for hydroxylation is 1. The fourth-order valence-corrected chi connectivity index (χ4v) is 5.03. The lowest BCUT2D eigenvalue weighted by Gasteiger charge is -2.18. The van der Waals surface area contributed by atoms with E-state index in [1.165, 1.54) is 12.1 Å². The quantitative estimate of drug-likeness (QED) is 0.614.